The molecule has 6 heteroatoms. The summed E-state index contributed by atoms with van der Waals surface area (Å²) in [6.45, 7) is 4.51. The van der Waals surface area contributed by atoms with Crippen LogP contribution >= 0.6 is 0 Å². The Bertz CT molecular complexity index is 557. The minimum atomic E-state index is -1.35. The molecule has 0 fully saturated rings. The van der Waals surface area contributed by atoms with Crippen molar-refractivity contribution < 1.29 is 19.4 Å². The molecular formula is C17H24N2O4. The maximum atomic E-state index is 11.9. The Kier molecular flexibility index (Phi) is 7.80. The molecule has 1 aromatic carbocycles. The lowest BCUT2D eigenvalue weighted by Gasteiger charge is -2.15. The third kappa shape index (κ3) is 6.10. The number of hydrogen-bond donors (Lipinski definition) is 3. The Balaban J connectivity index is 2.64. The maximum absolute atomic E-state index is 11.9. The van der Waals surface area contributed by atoms with Gasteiger partial charge in [-0.25, -0.2) is 9.59 Å². The number of hydrogen-bond acceptors (Lipinski definition) is 4. The number of carbonyl (C=O) groups is 2. The summed E-state index contributed by atoms with van der Waals surface area (Å²) in [7, 11) is 0. The van der Waals surface area contributed by atoms with Gasteiger partial charge >= 0.3 is 12.1 Å². The minimum absolute atomic E-state index is 0.148. The average molecular weight is 320 g/mol. The summed E-state index contributed by atoms with van der Waals surface area (Å²) in [6, 6.07) is 6.29. The van der Waals surface area contributed by atoms with Gasteiger partial charge in [-0.3, -0.25) is 10.7 Å². The van der Waals surface area contributed by atoms with Crippen LogP contribution in [0.4, 0.5) is 10.5 Å². The van der Waals surface area contributed by atoms with Crippen LogP contribution in [-0.2, 0) is 9.53 Å². The summed E-state index contributed by atoms with van der Waals surface area (Å²) < 4.78 is 5.22. The molecule has 0 radical (unpaired) electrons. The molecule has 0 bridgehead atoms. The Labute approximate surface area is 136 Å². The van der Waals surface area contributed by atoms with Crippen molar-refractivity contribution in [2.24, 2.45) is 5.92 Å². The fourth-order valence-electron chi connectivity index (χ4n) is 2.16. The highest BCUT2D eigenvalue weighted by Gasteiger charge is 2.16. The number of rotatable bonds is 9. The lowest BCUT2D eigenvalue weighted by molar-refractivity contribution is -0.129. The van der Waals surface area contributed by atoms with Gasteiger partial charge in [0, 0.05) is 5.56 Å². The summed E-state index contributed by atoms with van der Waals surface area (Å²) in [6.07, 6.45) is 3.52. The molecular weight excluding hydrogens is 296 g/mol. The van der Waals surface area contributed by atoms with Gasteiger partial charge in [0.1, 0.15) is 5.71 Å². The molecule has 0 aromatic heterocycles. The van der Waals surface area contributed by atoms with Gasteiger partial charge in [0.25, 0.3) is 0 Å². The summed E-state index contributed by atoms with van der Waals surface area (Å²) >= 11 is 0. The number of anilines is 1. The van der Waals surface area contributed by atoms with Crippen LogP contribution in [0.15, 0.2) is 24.3 Å². The number of carboxylic acids is 1. The first-order chi connectivity index (χ1) is 11.0. The molecule has 1 amide bonds. The molecule has 1 rings (SSSR count). The molecule has 23 heavy (non-hydrogen) atoms. The Morgan fingerprint density at radius 2 is 2.00 bits per heavy atom. The molecule has 6 nitrogen and oxygen atoms in total. The van der Waals surface area contributed by atoms with Gasteiger partial charge < -0.3 is 9.84 Å². The number of amides is 1. The predicted octanol–water partition coefficient (Wildman–Crippen LogP) is 3.90. The third-order valence-electron chi connectivity index (χ3n) is 3.64. The van der Waals surface area contributed by atoms with Crippen LogP contribution in [0.2, 0.25) is 0 Å². The number of nitrogens with one attached hydrogen (secondary N) is 2. The van der Waals surface area contributed by atoms with Crippen LogP contribution in [0, 0.1) is 11.3 Å². The normalized spacial score (nSPS) is 11.6. The van der Waals surface area contributed by atoms with Crippen LogP contribution in [0.1, 0.15) is 45.1 Å². The SMILES string of the molecule is CCCCC(CC)COC(=O)Nc1ccccc1C(=N)C(=O)O. The minimum Gasteiger partial charge on any atom is -0.477 e. The van der Waals surface area contributed by atoms with Crippen LogP contribution in [0.5, 0.6) is 0 Å². The predicted molar refractivity (Wildman–Crippen MR) is 89.2 cm³/mol. The Hall–Kier alpha value is -2.37. The van der Waals surface area contributed by atoms with E-state index in [9.17, 15) is 9.59 Å². The second kappa shape index (κ2) is 9.61. The van der Waals surface area contributed by atoms with Crippen LogP contribution in [-0.4, -0.2) is 29.5 Å². The maximum Gasteiger partial charge on any atom is 0.411 e. The fraction of sp³-hybridized carbons (Fsp3) is 0.471. The van der Waals surface area contributed by atoms with E-state index >= 15 is 0 Å². The lowest BCUT2D eigenvalue weighted by Crippen LogP contribution is -2.21. The largest absolute Gasteiger partial charge is 0.477 e. The van der Waals surface area contributed by atoms with Crippen molar-refractivity contribution in [3.05, 3.63) is 29.8 Å². The van der Waals surface area contributed by atoms with Crippen molar-refractivity contribution in [3.63, 3.8) is 0 Å². The summed E-state index contributed by atoms with van der Waals surface area (Å²) in [5.74, 6) is -1.02. The highest BCUT2D eigenvalue weighted by Crippen LogP contribution is 2.17. The topological polar surface area (TPSA) is 99.5 Å². The smallest absolute Gasteiger partial charge is 0.411 e. The molecule has 1 atom stereocenters. The molecule has 0 aliphatic heterocycles. The van der Waals surface area contributed by atoms with Crippen molar-refractivity contribution in [1.82, 2.24) is 0 Å². The number of unbranched alkanes of at least 4 members (excludes halogenated alkanes) is 1. The molecule has 0 aliphatic rings. The van der Waals surface area contributed by atoms with E-state index in [2.05, 4.69) is 19.2 Å². The monoisotopic (exact) mass is 320 g/mol. The Morgan fingerprint density at radius 3 is 2.61 bits per heavy atom. The molecule has 1 aromatic rings. The van der Waals surface area contributed by atoms with Crippen LogP contribution < -0.4 is 5.32 Å². The third-order valence-corrected chi connectivity index (χ3v) is 3.64. The van der Waals surface area contributed by atoms with E-state index in [1.165, 1.54) is 6.07 Å². The van der Waals surface area contributed by atoms with Gasteiger partial charge in [0.2, 0.25) is 0 Å². The van der Waals surface area contributed by atoms with E-state index in [-0.39, 0.29) is 11.3 Å². The van der Waals surface area contributed by atoms with E-state index in [0.717, 1.165) is 25.7 Å². The summed E-state index contributed by atoms with van der Waals surface area (Å²) in [5, 5.41) is 19.0. The molecule has 126 valence electrons. The number of para-hydroxylation sites is 1. The van der Waals surface area contributed by atoms with Gasteiger partial charge in [-0.15, -0.1) is 0 Å². The van der Waals surface area contributed by atoms with Gasteiger partial charge in [-0.1, -0.05) is 51.3 Å². The van der Waals surface area contributed by atoms with Gasteiger partial charge in [0.05, 0.1) is 12.3 Å². The zero-order chi connectivity index (χ0) is 17.2. The molecule has 0 heterocycles. The molecule has 0 saturated carbocycles. The van der Waals surface area contributed by atoms with Crippen molar-refractivity contribution >= 4 is 23.5 Å². The Morgan fingerprint density at radius 1 is 1.30 bits per heavy atom. The van der Waals surface area contributed by atoms with E-state index in [1.807, 2.05) is 0 Å². The van der Waals surface area contributed by atoms with Crippen LogP contribution in [0.25, 0.3) is 0 Å². The average Bonchev–Trinajstić information content (AvgIpc) is 2.54. The first-order valence-corrected chi connectivity index (χ1v) is 7.84. The summed E-state index contributed by atoms with van der Waals surface area (Å²) in [4.78, 5) is 22.8. The summed E-state index contributed by atoms with van der Waals surface area (Å²) in [5.41, 5.74) is -0.170. The molecule has 1 unspecified atom stereocenters. The second-order valence-electron chi connectivity index (χ2n) is 5.37. The zero-order valence-corrected chi connectivity index (χ0v) is 13.6. The van der Waals surface area contributed by atoms with Crippen molar-refractivity contribution in [3.8, 4) is 0 Å². The zero-order valence-electron chi connectivity index (χ0n) is 13.6. The molecule has 0 aliphatic carbocycles. The van der Waals surface area contributed by atoms with E-state index in [4.69, 9.17) is 15.3 Å². The first-order valence-electron chi connectivity index (χ1n) is 7.84. The highest BCUT2D eigenvalue weighted by atomic mass is 16.5. The molecule has 0 saturated heterocycles. The van der Waals surface area contributed by atoms with Crippen molar-refractivity contribution in [1.29, 1.82) is 5.41 Å². The number of carboxylic acid groups (broad SMARTS) is 1. The second-order valence-corrected chi connectivity index (χ2v) is 5.37. The first kappa shape index (κ1) is 18.7. The van der Waals surface area contributed by atoms with E-state index in [0.29, 0.717) is 12.5 Å². The lowest BCUT2D eigenvalue weighted by atomic mass is 10.0. The van der Waals surface area contributed by atoms with Crippen molar-refractivity contribution in [2.75, 3.05) is 11.9 Å². The van der Waals surface area contributed by atoms with Crippen molar-refractivity contribution in [2.45, 2.75) is 39.5 Å². The number of ether oxygens (including phenoxy) is 1. The van der Waals surface area contributed by atoms with E-state index in [1.54, 1.807) is 18.2 Å². The van der Waals surface area contributed by atoms with Gasteiger partial charge in [0.15, 0.2) is 0 Å². The molecule has 3 N–H and O–H groups in total. The number of benzene rings is 1. The van der Waals surface area contributed by atoms with Gasteiger partial charge in [-0.05, 0) is 18.4 Å². The highest BCUT2D eigenvalue weighted by molar-refractivity contribution is 6.42. The fourth-order valence-corrected chi connectivity index (χ4v) is 2.16. The number of aliphatic carboxylic acids is 1. The quantitative estimate of drug-likeness (QED) is 0.601. The number of carbonyl (C=O) groups excluding carboxylic acids is 1. The van der Waals surface area contributed by atoms with Gasteiger partial charge in [-0.2, -0.15) is 0 Å². The standard InChI is InChI=1S/C17H24N2O4/c1-3-5-8-12(4-2)11-23-17(22)19-14-10-7-6-9-13(14)15(18)16(20)21/h6-7,9-10,12,18H,3-5,8,11H2,1-2H3,(H,19,22)(H,20,21). The molecule has 0 spiro atoms. The van der Waals surface area contributed by atoms with Crippen LogP contribution in [0.3, 0.4) is 0 Å². The van der Waals surface area contributed by atoms with E-state index < -0.39 is 17.8 Å².